The Morgan fingerprint density at radius 3 is 2.55 bits per heavy atom. The molecule has 0 amide bonds. The summed E-state index contributed by atoms with van der Waals surface area (Å²) in [4.78, 5) is 20.5. The summed E-state index contributed by atoms with van der Waals surface area (Å²) in [6, 6.07) is 12.3. The molecule has 6 rings (SSSR count). The average molecular weight is 407 g/mol. The maximum Gasteiger partial charge on any atom is 0.155 e. The summed E-state index contributed by atoms with van der Waals surface area (Å²) < 4.78 is 13.8. The second kappa shape index (κ2) is 6.81. The fraction of sp³-hybridized carbons (Fsp3) is 0. The Morgan fingerprint density at radius 2 is 1.68 bits per heavy atom. The zero-order valence-electron chi connectivity index (χ0n) is 16.0. The first-order valence-electron chi connectivity index (χ1n) is 9.60. The van der Waals surface area contributed by atoms with Crippen molar-refractivity contribution in [2.45, 2.75) is 0 Å². The summed E-state index contributed by atoms with van der Waals surface area (Å²) in [7, 11) is 0. The Balaban J connectivity index is 1.52. The van der Waals surface area contributed by atoms with E-state index in [-0.39, 0.29) is 5.82 Å². The molecule has 0 aliphatic rings. The van der Waals surface area contributed by atoms with Crippen molar-refractivity contribution in [2.24, 2.45) is 0 Å². The van der Waals surface area contributed by atoms with Crippen molar-refractivity contribution in [1.29, 1.82) is 0 Å². The molecule has 7 nitrogen and oxygen atoms in total. The second-order valence-electron chi connectivity index (χ2n) is 7.13. The number of rotatable bonds is 3. The van der Waals surface area contributed by atoms with Crippen LogP contribution in [-0.4, -0.2) is 35.1 Å². The predicted octanol–water partition coefficient (Wildman–Crippen LogP) is 4.76. The summed E-state index contributed by atoms with van der Waals surface area (Å²) >= 11 is 0. The number of fused-ring (bicyclic) bond motifs is 2. The molecule has 6 aromatic rings. The number of hydrogen-bond acceptors (Lipinski definition) is 5. The SMILES string of the molecule is Fc1cccc(-c2nccc3[nH]c(-c4n[nH]c5ncc(-c6cncnc6)cc45)cc23)c1. The third-order valence-electron chi connectivity index (χ3n) is 5.21. The van der Waals surface area contributed by atoms with E-state index in [0.717, 1.165) is 44.4 Å². The van der Waals surface area contributed by atoms with Crippen LogP contribution in [0.4, 0.5) is 4.39 Å². The normalized spacial score (nSPS) is 11.4. The van der Waals surface area contributed by atoms with E-state index >= 15 is 0 Å². The van der Waals surface area contributed by atoms with Crippen molar-refractivity contribution in [3.8, 4) is 33.8 Å². The molecule has 5 aromatic heterocycles. The maximum atomic E-state index is 13.8. The number of aromatic nitrogens is 7. The Kier molecular flexibility index (Phi) is 3.82. The fourth-order valence-corrected chi connectivity index (χ4v) is 3.76. The van der Waals surface area contributed by atoms with Gasteiger partial charge in [0, 0.05) is 57.8 Å². The number of halogens is 1. The lowest BCUT2D eigenvalue weighted by atomic mass is 10.1. The van der Waals surface area contributed by atoms with E-state index in [1.54, 1.807) is 30.9 Å². The van der Waals surface area contributed by atoms with Crippen LogP contribution in [0.2, 0.25) is 0 Å². The molecule has 0 aliphatic heterocycles. The first kappa shape index (κ1) is 17.4. The van der Waals surface area contributed by atoms with Gasteiger partial charge in [-0.2, -0.15) is 5.10 Å². The largest absolute Gasteiger partial charge is 0.353 e. The molecule has 8 heteroatoms. The molecule has 0 bridgehead atoms. The second-order valence-corrected chi connectivity index (χ2v) is 7.13. The highest BCUT2D eigenvalue weighted by Crippen LogP contribution is 2.33. The van der Waals surface area contributed by atoms with E-state index < -0.39 is 0 Å². The first-order chi connectivity index (χ1) is 15.3. The number of nitrogens with one attached hydrogen (secondary N) is 2. The summed E-state index contributed by atoms with van der Waals surface area (Å²) in [5.74, 6) is -0.297. The average Bonchev–Trinajstić information content (AvgIpc) is 3.43. The molecular weight excluding hydrogens is 393 g/mol. The van der Waals surface area contributed by atoms with Crippen LogP contribution in [0.25, 0.3) is 55.7 Å². The molecule has 2 N–H and O–H groups in total. The Bertz CT molecular complexity index is 1550. The minimum absolute atomic E-state index is 0.297. The van der Waals surface area contributed by atoms with Crippen molar-refractivity contribution in [2.75, 3.05) is 0 Å². The number of nitrogens with zero attached hydrogens (tertiary/aromatic N) is 5. The Morgan fingerprint density at radius 1 is 0.774 bits per heavy atom. The van der Waals surface area contributed by atoms with Gasteiger partial charge in [0.1, 0.15) is 17.8 Å². The predicted molar refractivity (Wildman–Crippen MR) is 115 cm³/mol. The Labute approximate surface area is 175 Å². The third-order valence-corrected chi connectivity index (χ3v) is 5.21. The molecule has 1 aromatic carbocycles. The van der Waals surface area contributed by atoms with E-state index in [2.05, 4.69) is 35.1 Å². The van der Waals surface area contributed by atoms with Crippen LogP contribution in [0.5, 0.6) is 0 Å². The minimum atomic E-state index is -0.297. The first-order valence-corrected chi connectivity index (χ1v) is 9.60. The lowest BCUT2D eigenvalue weighted by Crippen LogP contribution is -1.85. The van der Waals surface area contributed by atoms with Crippen LogP contribution < -0.4 is 0 Å². The lowest BCUT2D eigenvalue weighted by Gasteiger charge is -2.02. The van der Waals surface area contributed by atoms with E-state index in [1.165, 1.54) is 18.5 Å². The van der Waals surface area contributed by atoms with E-state index in [0.29, 0.717) is 11.3 Å². The molecule has 0 unspecified atom stereocenters. The van der Waals surface area contributed by atoms with Gasteiger partial charge in [0.25, 0.3) is 0 Å². The van der Waals surface area contributed by atoms with Gasteiger partial charge in [-0.15, -0.1) is 0 Å². The fourth-order valence-electron chi connectivity index (χ4n) is 3.76. The van der Waals surface area contributed by atoms with Gasteiger partial charge in [0.05, 0.1) is 11.4 Å². The molecule has 0 aliphatic carbocycles. The zero-order valence-corrected chi connectivity index (χ0v) is 16.0. The number of aromatic amines is 2. The van der Waals surface area contributed by atoms with Gasteiger partial charge in [0.15, 0.2) is 5.65 Å². The van der Waals surface area contributed by atoms with Gasteiger partial charge < -0.3 is 4.98 Å². The van der Waals surface area contributed by atoms with Crippen molar-refractivity contribution in [1.82, 2.24) is 35.1 Å². The van der Waals surface area contributed by atoms with Gasteiger partial charge in [0.2, 0.25) is 0 Å². The van der Waals surface area contributed by atoms with Gasteiger partial charge in [-0.3, -0.25) is 10.1 Å². The van der Waals surface area contributed by atoms with Gasteiger partial charge in [-0.05, 0) is 30.3 Å². The van der Waals surface area contributed by atoms with Crippen LogP contribution in [-0.2, 0) is 0 Å². The highest BCUT2D eigenvalue weighted by molar-refractivity contribution is 5.99. The van der Waals surface area contributed by atoms with E-state index in [1.807, 2.05) is 24.3 Å². The summed E-state index contributed by atoms with van der Waals surface area (Å²) in [5, 5.41) is 9.22. The van der Waals surface area contributed by atoms with Crippen LogP contribution in [0.15, 0.2) is 73.6 Å². The molecule has 0 atom stereocenters. The van der Waals surface area contributed by atoms with E-state index in [4.69, 9.17) is 0 Å². The van der Waals surface area contributed by atoms with Gasteiger partial charge >= 0.3 is 0 Å². The van der Waals surface area contributed by atoms with Crippen molar-refractivity contribution >= 4 is 21.9 Å². The lowest BCUT2D eigenvalue weighted by molar-refractivity contribution is 0.628. The van der Waals surface area contributed by atoms with Crippen LogP contribution >= 0.6 is 0 Å². The summed E-state index contributed by atoms with van der Waals surface area (Å²) in [6.45, 7) is 0. The number of hydrogen-bond donors (Lipinski definition) is 2. The van der Waals surface area contributed by atoms with Crippen molar-refractivity contribution in [3.05, 3.63) is 79.4 Å². The molecule has 31 heavy (non-hydrogen) atoms. The number of benzene rings is 1. The molecule has 0 spiro atoms. The van der Waals surface area contributed by atoms with Crippen LogP contribution in [0.3, 0.4) is 0 Å². The minimum Gasteiger partial charge on any atom is -0.353 e. The highest BCUT2D eigenvalue weighted by Gasteiger charge is 2.15. The monoisotopic (exact) mass is 407 g/mol. The smallest absolute Gasteiger partial charge is 0.155 e. The van der Waals surface area contributed by atoms with Crippen molar-refractivity contribution < 1.29 is 4.39 Å². The zero-order chi connectivity index (χ0) is 20.8. The van der Waals surface area contributed by atoms with Gasteiger partial charge in [-0.25, -0.2) is 19.3 Å². The molecule has 0 saturated heterocycles. The number of H-pyrrole nitrogens is 2. The third kappa shape index (κ3) is 2.93. The number of pyridine rings is 2. The molecule has 148 valence electrons. The topological polar surface area (TPSA) is 96.0 Å². The van der Waals surface area contributed by atoms with Gasteiger partial charge in [-0.1, -0.05) is 12.1 Å². The molecule has 0 fully saturated rings. The summed E-state index contributed by atoms with van der Waals surface area (Å²) in [5.41, 5.74) is 6.32. The molecule has 0 radical (unpaired) electrons. The van der Waals surface area contributed by atoms with Crippen LogP contribution in [0.1, 0.15) is 0 Å². The summed E-state index contributed by atoms with van der Waals surface area (Å²) in [6.07, 6.45) is 8.46. The van der Waals surface area contributed by atoms with E-state index in [9.17, 15) is 4.39 Å². The molecule has 5 heterocycles. The highest BCUT2D eigenvalue weighted by atomic mass is 19.1. The van der Waals surface area contributed by atoms with Crippen molar-refractivity contribution in [3.63, 3.8) is 0 Å². The maximum absolute atomic E-state index is 13.8. The molecular formula is C23H14FN7. The Hall–Kier alpha value is -4.46. The van der Waals surface area contributed by atoms with Crippen LogP contribution in [0, 0.1) is 5.82 Å². The standard InChI is InChI=1S/C23H14FN7/c24-16-3-1-2-13(6-16)21-17-8-20(29-19(17)4-5-27-21)22-18-7-14(11-28-23(18)31-30-22)15-9-25-12-26-10-15/h1-12,29H,(H,28,30,31). The quantitative estimate of drug-likeness (QED) is 0.441. The molecule has 0 saturated carbocycles.